The van der Waals surface area contributed by atoms with E-state index in [0.29, 0.717) is 17.9 Å². The number of carbonyl (C=O) groups excluding carboxylic acids is 1. The van der Waals surface area contributed by atoms with Crippen LogP contribution in [0.3, 0.4) is 0 Å². The van der Waals surface area contributed by atoms with Crippen molar-refractivity contribution in [2.75, 3.05) is 5.32 Å². The van der Waals surface area contributed by atoms with Gasteiger partial charge in [-0.3, -0.25) is 4.79 Å². The maximum Gasteiger partial charge on any atom is 0.251 e. The van der Waals surface area contributed by atoms with Gasteiger partial charge in [0.05, 0.1) is 0 Å². The fourth-order valence-corrected chi connectivity index (χ4v) is 3.25. The highest BCUT2D eigenvalue weighted by molar-refractivity contribution is 5.95. The molecule has 116 valence electrons. The molecule has 0 saturated heterocycles. The van der Waals surface area contributed by atoms with E-state index in [1.807, 2.05) is 32.0 Å². The van der Waals surface area contributed by atoms with Gasteiger partial charge in [0.25, 0.3) is 5.91 Å². The molecule has 0 bridgehead atoms. The van der Waals surface area contributed by atoms with Crippen LogP contribution in [0.4, 0.5) is 5.69 Å². The van der Waals surface area contributed by atoms with Crippen LogP contribution < -0.4 is 10.6 Å². The molecule has 1 aromatic rings. The molecule has 1 amide bonds. The number of carbonyl (C=O) groups is 1. The van der Waals surface area contributed by atoms with E-state index in [2.05, 4.69) is 30.5 Å². The van der Waals surface area contributed by atoms with Crippen LogP contribution in [-0.2, 0) is 0 Å². The first kappa shape index (κ1) is 15.9. The maximum absolute atomic E-state index is 12.1. The van der Waals surface area contributed by atoms with Gasteiger partial charge in [-0.2, -0.15) is 0 Å². The number of nitrogens with one attached hydrogen (secondary N) is 2. The summed E-state index contributed by atoms with van der Waals surface area (Å²) in [7, 11) is 0. The highest BCUT2D eigenvalue weighted by atomic mass is 16.1. The summed E-state index contributed by atoms with van der Waals surface area (Å²) >= 11 is 0. The van der Waals surface area contributed by atoms with Crippen molar-refractivity contribution < 1.29 is 4.79 Å². The predicted octanol–water partition coefficient (Wildman–Crippen LogP) is 4.06. The summed E-state index contributed by atoms with van der Waals surface area (Å²) < 4.78 is 0. The molecule has 0 aromatic heterocycles. The lowest BCUT2D eigenvalue weighted by molar-refractivity contribution is 0.0943. The first-order valence-electron chi connectivity index (χ1n) is 8.15. The van der Waals surface area contributed by atoms with Crippen molar-refractivity contribution in [3.05, 3.63) is 29.8 Å². The maximum atomic E-state index is 12.1. The Morgan fingerprint density at radius 1 is 1.19 bits per heavy atom. The lowest BCUT2D eigenvalue weighted by Gasteiger charge is -2.36. The lowest BCUT2D eigenvalue weighted by Crippen LogP contribution is -2.37. The standard InChI is InChI=1S/C18H28N2O/c1-12(2)19-18(21)15-9-6-10-16(11-15)20-17-13(3)7-5-8-14(17)4/h6,9-14,17,20H,5,7-8H2,1-4H3,(H,19,21). The molecule has 0 aliphatic heterocycles. The van der Waals surface area contributed by atoms with Gasteiger partial charge >= 0.3 is 0 Å². The number of anilines is 1. The second-order valence-electron chi connectivity index (χ2n) is 6.76. The molecule has 2 unspecified atom stereocenters. The van der Waals surface area contributed by atoms with Crippen molar-refractivity contribution in [3.8, 4) is 0 Å². The Bertz CT molecular complexity index is 474. The van der Waals surface area contributed by atoms with E-state index in [1.54, 1.807) is 0 Å². The van der Waals surface area contributed by atoms with Gasteiger partial charge < -0.3 is 10.6 Å². The second kappa shape index (κ2) is 6.97. The zero-order valence-corrected chi connectivity index (χ0v) is 13.6. The van der Waals surface area contributed by atoms with Gasteiger partial charge in [-0.25, -0.2) is 0 Å². The van der Waals surface area contributed by atoms with Gasteiger partial charge in [-0.1, -0.05) is 26.3 Å². The van der Waals surface area contributed by atoms with Crippen molar-refractivity contribution in [2.24, 2.45) is 11.8 Å². The van der Waals surface area contributed by atoms with Gasteiger partial charge in [0.15, 0.2) is 0 Å². The summed E-state index contributed by atoms with van der Waals surface area (Å²) in [4.78, 5) is 12.1. The predicted molar refractivity (Wildman–Crippen MR) is 88.6 cm³/mol. The topological polar surface area (TPSA) is 41.1 Å². The van der Waals surface area contributed by atoms with E-state index in [1.165, 1.54) is 19.3 Å². The smallest absolute Gasteiger partial charge is 0.251 e. The van der Waals surface area contributed by atoms with Gasteiger partial charge in [0.2, 0.25) is 0 Å². The van der Waals surface area contributed by atoms with Crippen molar-refractivity contribution in [1.82, 2.24) is 5.32 Å². The van der Waals surface area contributed by atoms with Gasteiger partial charge in [0.1, 0.15) is 0 Å². The minimum Gasteiger partial charge on any atom is -0.382 e. The molecule has 1 aromatic carbocycles. The van der Waals surface area contributed by atoms with Crippen molar-refractivity contribution >= 4 is 11.6 Å². The third-order valence-corrected chi connectivity index (χ3v) is 4.42. The van der Waals surface area contributed by atoms with Crippen LogP contribution in [0.1, 0.15) is 57.3 Å². The first-order valence-corrected chi connectivity index (χ1v) is 8.15. The van der Waals surface area contributed by atoms with Crippen molar-refractivity contribution in [3.63, 3.8) is 0 Å². The van der Waals surface area contributed by atoms with Crippen molar-refractivity contribution in [2.45, 2.75) is 59.0 Å². The molecule has 2 N–H and O–H groups in total. The number of hydrogen-bond acceptors (Lipinski definition) is 2. The molecule has 1 saturated carbocycles. The van der Waals surface area contributed by atoms with Crippen LogP contribution in [0.2, 0.25) is 0 Å². The largest absolute Gasteiger partial charge is 0.382 e. The highest BCUT2D eigenvalue weighted by Crippen LogP contribution is 2.31. The average molecular weight is 288 g/mol. The highest BCUT2D eigenvalue weighted by Gasteiger charge is 2.27. The van der Waals surface area contributed by atoms with Gasteiger partial charge in [-0.15, -0.1) is 0 Å². The number of rotatable bonds is 4. The molecular formula is C18H28N2O. The molecule has 3 heteroatoms. The summed E-state index contributed by atoms with van der Waals surface area (Å²) in [5.41, 5.74) is 1.78. The van der Waals surface area contributed by atoms with E-state index in [-0.39, 0.29) is 11.9 Å². The summed E-state index contributed by atoms with van der Waals surface area (Å²) in [6, 6.07) is 8.51. The summed E-state index contributed by atoms with van der Waals surface area (Å²) in [6.45, 7) is 8.60. The lowest BCUT2D eigenvalue weighted by atomic mass is 9.78. The molecule has 0 heterocycles. The Morgan fingerprint density at radius 3 is 2.48 bits per heavy atom. The van der Waals surface area contributed by atoms with E-state index >= 15 is 0 Å². The third kappa shape index (κ3) is 4.23. The number of hydrogen-bond donors (Lipinski definition) is 2. The first-order chi connectivity index (χ1) is 9.97. The Kier molecular flexibility index (Phi) is 5.27. The quantitative estimate of drug-likeness (QED) is 0.877. The zero-order valence-electron chi connectivity index (χ0n) is 13.6. The molecule has 0 spiro atoms. The Morgan fingerprint density at radius 2 is 1.86 bits per heavy atom. The van der Waals surface area contributed by atoms with Crippen LogP contribution in [0, 0.1) is 11.8 Å². The molecule has 1 fully saturated rings. The molecule has 21 heavy (non-hydrogen) atoms. The molecule has 2 rings (SSSR count). The van der Waals surface area contributed by atoms with E-state index < -0.39 is 0 Å². The molecule has 3 nitrogen and oxygen atoms in total. The minimum atomic E-state index is -0.00149. The molecule has 1 aliphatic rings. The monoisotopic (exact) mass is 288 g/mol. The van der Waals surface area contributed by atoms with E-state index in [9.17, 15) is 4.79 Å². The van der Waals surface area contributed by atoms with Crippen LogP contribution in [-0.4, -0.2) is 18.0 Å². The summed E-state index contributed by atoms with van der Waals surface area (Å²) in [6.07, 6.45) is 3.91. The van der Waals surface area contributed by atoms with Crippen molar-refractivity contribution in [1.29, 1.82) is 0 Å². The Labute approximate surface area is 128 Å². The van der Waals surface area contributed by atoms with E-state index in [4.69, 9.17) is 0 Å². The molecule has 0 radical (unpaired) electrons. The SMILES string of the molecule is CC(C)NC(=O)c1cccc(NC2C(C)CCCC2C)c1. The molecule has 1 aliphatic carbocycles. The zero-order chi connectivity index (χ0) is 15.4. The Balaban J connectivity index is 2.08. The number of benzene rings is 1. The second-order valence-corrected chi connectivity index (χ2v) is 6.76. The normalized spacial score (nSPS) is 25.7. The molecular weight excluding hydrogens is 260 g/mol. The Hall–Kier alpha value is -1.51. The van der Waals surface area contributed by atoms with Gasteiger partial charge in [0, 0.05) is 23.3 Å². The average Bonchev–Trinajstić information content (AvgIpc) is 2.43. The van der Waals surface area contributed by atoms with Crippen LogP contribution >= 0.6 is 0 Å². The van der Waals surface area contributed by atoms with Crippen LogP contribution in [0.25, 0.3) is 0 Å². The number of amides is 1. The van der Waals surface area contributed by atoms with Crippen LogP contribution in [0.15, 0.2) is 24.3 Å². The third-order valence-electron chi connectivity index (χ3n) is 4.42. The van der Waals surface area contributed by atoms with Gasteiger partial charge in [-0.05, 0) is 56.7 Å². The van der Waals surface area contributed by atoms with E-state index in [0.717, 1.165) is 11.3 Å². The summed E-state index contributed by atoms with van der Waals surface area (Å²) in [5, 5.41) is 6.59. The van der Waals surface area contributed by atoms with Crippen LogP contribution in [0.5, 0.6) is 0 Å². The fraction of sp³-hybridized carbons (Fsp3) is 0.611. The minimum absolute atomic E-state index is 0.00149. The molecule has 2 atom stereocenters. The fourth-order valence-electron chi connectivity index (χ4n) is 3.25. The summed E-state index contributed by atoms with van der Waals surface area (Å²) in [5.74, 6) is 1.36.